The molecule has 9 nitrogen and oxygen atoms in total. The van der Waals surface area contributed by atoms with Crippen LogP contribution in [0.15, 0.2) is 24.3 Å². The van der Waals surface area contributed by atoms with Gasteiger partial charge in [-0.25, -0.2) is 4.79 Å². The first kappa shape index (κ1) is 26.8. The number of amides is 3. The summed E-state index contributed by atoms with van der Waals surface area (Å²) in [7, 11) is 0. The highest BCUT2D eigenvalue weighted by atomic mass is 79.9. The number of carbonyl (C=O) groups excluding carboxylic acids is 5. The summed E-state index contributed by atoms with van der Waals surface area (Å²) in [6, 6.07) is 6.17. The summed E-state index contributed by atoms with van der Waals surface area (Å²) < 4.78 is 10.2. The molecule has 2 saturated carbocycles. The molecule has 0 spiro atoms. The molecular formula is C25H28Br2N2O7. The lowest BCUT2D eigenvalue weighted by Gasteiger charge is -2.28. The van der Waals surface area contributed by atoms with Crippen LogP contribution in [0.5, 0.6) is 0 Å². The molecule has 1 aromatic rings. The van der Waals surface area contributed by atoms with Crippen LogP contribution in [-0.2, 0) is 28.7 Å². The Kier molecular flexibility index (Phi) is 8.18. The fraction of sp³-hybridized carbons (Fsp3) is 0.560. The van der Waals surface area contributed by atoms with Crippen molar-refractivity contribution in [3.63, 3.8) is 0 Å². The fourth-order valence-electron chi connectivity index (χ4n) is 5.26. The minimum atomic E-state index is -0.675. The van der Waals surface area contributed by atoms with E-state index in [0.29, 0.717) is 17.9 Å². The topological polar surface area (TPSA) is 119 Å². The van der Waals surface area contributed by atoms with Gasteiger partial charge in [0.2, 0.25) is 11.8 Å². The average molecular weight is 628 g/mol. The third-order valence-electron chi connectivity index (χ3n) is 6.93. The van der Waals surface area contributed by atoms with E-state index in [-0.39, 0.29) is 64.0 Å². The van der Waals surface area contributed by atoms with E-state index in [9.17, 15) is 24.0 Å². The first-order chi connectivity index (χ1) is 17.1. The van der Waals surface area contributed by atoms with Crippen LogP contribution in [-0.4, -0.2) is 64.0 Å². The Bertz CT molecular complexity index is 1030. The summed E-state index contributed by atoms with van der Waals surface area (Å²) >= 11 is 7.29. The van der Waals surface area contributed by atoms with E-state index < -0.39 is 24.5 Å². The number of ether oxygens (including phenoxy) is 2. The van der Waals surface area contributed by atoms with E-state index in [2.05, 4.69) is 37.2 Å². The van der Waals surface area contributed by atoms with Crippen LogP contribution in [0.1, 0.15) is 37.0 Å². The predicted molar refractivity (Wildman–Crippen MR) is 136 cm³/mol. The molecule has 3 amide bonds. The second-order valence-electron chi connectivity index (χ2n) is 9.86. The summed E-state index contributed by atoms with van der Waals surface area (Å²) in [5.41, 5.74) is 0.794. The summed E-state index contributed by atoms with van der Waals surface area (Å²) in [6.45, 7) is 3.63. The molecule has 1 N–H and O–H groups in total. The molecule has 1 aliphatic heterocycles. The van der Waals surface area contributed by atoms with Crippen LogP contribution in [0.2, 0.25) is 0 Å². The number of nitrogens with zero attached hydrogens (tertiary/aromatic N) is 1. The van der Waals surface area contributed by atoms with Gasteiger partial charge in [0.15, 0.2) is 6.61 Å². The molecule has 0 unspecified atom stereocenters. The van der Waals surface area contributed by atoms with Crippen molar-refractivity contribution < 1.29 is 33.4 Å². The molecule has 1 saturated heterocycles. The Labute approximate surface area is 225 Å². The van der Waals surface area contributed by atoms with Gasteiger partial charge in [-0.15, -0.1) is 0 Å². The number of fused-ring (bicyclic) bond motifs is 5. The highest BCUT2D eigenvalue weighted by Crippen LogP contribution is 2.60. The largest absolute Gasteiger partial charge is 0.462 e. The number of nitrogens with one attached hydrogen (secondary N) is 1. The average Bonchev–Trinajstić information content (AvgIpc) is 3.45. The second kappa shape index (κ2) is 11.0. The smallest absolute Gasteiger partial charge is 0.338 e. The van der Waals surface area contributed by atoms with Gasteiger partial charge >= 0.3 is 11.9 Å². The highest BCUT2D eigenvalue weighted by molar-refractivity contribution is 9.12. The molecule has 2 aliphatic carbocycles. The lowest BCUT2D eigenvalue weighted by atomic mass is 9.81. The molecule has 0 aromatic heterocycles. The number of anilines is 1. The van der Waals surface area contributed by atoms with Crippen LogP contribution in [0.4, 0.5) is 5.69 Å². The molecule has 0 radical (unpaired) electrons. The Morgan fingerprint density at radius 2 is 1.58 bits per heavy atom. The number of likely N-dealkylation sites (tertiary alicyclic amines) is 1. The summed E-state index contributed by atoms with van der Waals surface area (Å²) in [6.07, 6.45) is 0.663. The Balaban J connectivity index is 1.20. The number of hydrogen-bond donors (Lipinski definition) is 1. The van der Waals surface area contributed by atoms with Crippen molar-refractivity contribution in [3.05, 3.63) is 29.8 Å². The van der Waals surface area contributed by atoms with Crippen LogP contribution in [0.3, 0.4) is 0 Å². The molecule has 1 heterocycles. The SMILES string of the molecule is CC(C)COC(=O)c1ccc(NC(=O)COC(=O)CCN2C(=O)[C@@H]3[C@H]4C[C@@H]([C@H](Br)[C@H]4Br)[C@@H]3C2=O)cc1. The van der Waals surface area contributed by atoms with Gasteiger partial charge in [-0.3, -0.25) is 24.1 Å². The quantitative estimate of drug-likeness (QED) is 0.254. The normalized spacial score (nSPS) is 28.4. The van der Waals surface area contributed by atoms with Gasteiger partial charge in [0.05, 0.1) is 30.4 Å². The van der Waals surface area contributed by atoms with Gasteiger partial charge in [0.1, 0.15) is 0 Å². The van der Waals surface area contributed by atoms with Crippen molar-refractivity contribution in [2.24, 2.45) is 29.6 Å². The van der Waals surface area contributed by atoms with E-state index in [1.54, 1.807) is 12.1 Å². The summed E-state index contributed by atoms with van der Waals surface area (Å²) in [5.74, 6) is -2.31. The zero-order valence-corrected chi connectivity index (χ0v) is 23.1. The number of imide groups is 1. The lowest BCUT2D eigenvalue weighted by Crippen LogP contribution is -2.37. The van der Waals surface area contributed by atoms with Crippen LogP contribution in [0.25, 0.3) is 0 Å². The van der Waals surface area contributed by atoms with Gasteiger partial charge in [0, 0.05) is 21.9 Å². The van der Waals surface area contributed by atoms with Crippen molar-refractivity contribution in [2.75, 3.05) is 25.1 Å². The minimum Gasteiger partial charge on any atom is -0.462 e. The molecule has 2 bridgehead atoms. The number of benzene rings is 1. The van der Waals surface area contributed by atoms with E-state index in [1.165, 1.54) is 17.0 Å². The van der Waals surface area contributed by atoms with Crippen LogP contribution in [0, 0.1) is 29.6 Å². The maximum Gasteiger partial charge on any atom is 0.338 e. The van der Waals surface area contributed by atoms with Crippen molar-refractivity contribution in [2.45, 2.75) is 36.3 Å². The van der Waals surface area contributed by atoms with Crippen LogP contribution < -0.4 is 5.32 Å². The van der Waals surface area contributed by atoms with Gasteiger partial charge in [-0.2, -0.15) is 0 Å². The number of carbonyl (C=O) groups is 5. The second-order valence-corrected chi connectivity index (χ2v) is 12.0. The van der Waals surface area contributed by atoms with E-state index >= 15 is 0 Å². The highest BCUT2D eigenvalue weighted by Gasteiger charge is 2.66. The maximum absolute atomic E-state index is 12.9. The van der Waals surface area contributed by atoms with Crippen molar-refractivity contribution in [3.8, 4) is 0 Å². The molecule has 11 heteroatoms. The first-order valence-corrected chi connectivity index (χ1v) is 13.8. The van der Waals surface area contributed by atoms with Gasteiger partial charge in [-0.05, 0) is 48.4 Å². The molecule has 3 fully saturated rings. The minimum absolute atomic E-state index is 0.0567. The summed E-state index contributed by atoms with van der Waals surface area (Å²) in [4.78, 5) is 63.5. The molecule has 6 atom stereocenters. The molecule has 4 rings (SSSR count). The van der Waals surface area contributed by atoms with Crippen molar-refractivity contribution >= 4 is 67.2 Å². The molecule has 3 aliphatic rings. The van der Waals surface area contributed by atoms with Crippen molar-refractivity contribution in [1.29, 1.82) is 0 Å². The zero-order chi connectivity index (χ0) is 26.1. The Morgan fingerprint density at radius 1 is 1.00 bits per heavy atom. The number of rotatable bonds is 9. The molecule has 1 aromatic carbocycles. The van der Waals surface area contributed by atoms with Gasteiger partial charge in [0.25, 0.3) is 5.91 Å². The molecule has 36 heavy (non-hydrogen) atoms. The predicted octanol–water partition coefficient (Wildman–Crippen LogP) is 3.15. The zero-order valence-electron chi connectivity index (χ0n) is 19.9. The third-order valence-corrected chi connectivity index (χ3v) is 10.1. The number of alkyl halides is 2. The van der Waals surface area contributed by atoms with Gasteiger partial charge < -0.3 is 14.8 Å². The maximum atomic E-state index is 12.9. The summed E-state index contributed by atoms with van der Waals surface area (Å²) in [5, 5.41) is 2.58. The molecular weight excluding hydrogens is 600 g/mol. The lowest BCUT2D eigenvalue weighted by molar-refractivity contribution is -0.149. The number of hydrogen-bond acceptors (Lipinski definition) is 7. The third kappa shape index (κ3) is 5.37. The van der Waals surface area contributed by atoms with E-state index in [1.807, 2.05) is 13.8 Å². The Hall–Kier alpha value is -2.27. The number of esters is 2. The van der Waals surface area contributed by atoms with Crippen molar-refractivity contribution in [1.82, 2.24) is 4.90 Å². The van der Waals surface area contributed by atoms with Crippen LogP contribution >= 0.6 is 31.9 Å². The fourth-order valence-corrected chi connectivity index (χ4v) is 7.14. The van der Waals surface area contributed by atoms with Gasteiger partial charge in [-0.1, -0.05) is 45.7 Å². The number of halogens is 2. The van der Waals surface area contributed by atoms with E-state index in [4.69, 9.17) is 9.47 Å². The van der Waals surface area contributed by atoms with E-state index in [0.717, 1.165) is 6.42 Å². The standard InChI is InChI=1S/C25H28Br2N2O7/c1-12(2)10-36-25(34)13-3-5-14(6-4-13)28-17(30)11-35-18(31)7-8-29-23(32)19-15-9-16(20(19)24(29)33)22(27)21(15)26/h3-6,12,15-16,19-22H,7-11H2,1-2H3,(H,28,30)/t15-,16-,19-,20+,21+,22+/m1/s1. The first-order valence-electron chi connectivity index (χ1n) is 11.9. The monoisotopic (exact) mass is 626 g/mol. The Morgan fingerprint density at radius 3 is 2.14 bits per heavy atom. The molecule has 194 valence electrons.